The van der Waals surface area contributed by atoms with Gasteiger partial charge in [-0.1, -0.05) is 132 Å². The number of hydrogen-bond acceptors (Lipinski definition) is 18. The van der Waals surface area contributed by atoms with E-state index in [1.807, 2.05) is 103 Å². The number of aromatic nitrogens is 12. The molecule has 18 nitrogen and oxygen atoms in total. The Balaban J connectivity index is 0.828. The molecular weight excluding hydrogens is 1230 g/mol. The maximum atomic E-state index is 6.53. The van der Waals surface area contributed by atoms with E-state index in [1.165, 1.54) is 22.3 Å². The van der Waals surface area contributed by atoms with E-state index in [4.69, 9.17) is 26.5 Å². The summed E-state index contributed by atoms with van der Waals surface area (Å²) < 4.78 is 39.3. The molecule has 0 unspecified atom stereocenters. The molecule has 6 aromatic heterocycles. The van der Waals surface area contributed by atoms with Gasteiger partial charge in [0.25, 0.3) is 0 Å². The Morgan fingerprint density at radius 2 is 0.337 bits per heavy atom. The normalized spacial score (nSPS) is 12.3. The Morgan fingerprint density at radius 1 is 0.202 bits per heavy atom. The molecule has 444 valence electrons. The third-order valence-electron chi connectivity index (χ3n) is 15.3. The number of hydrogen-bond donors (Lipinski definition) is 0. The van der Waals surface area contributed by atoms with E-state index in [-0.39, 0.29) is 68.8 Å². The van der Waals surface area contributed by atoms with Crippen LogP contribution in [0.15, 0.2) is 178 Å². The fourth-order valence-corrected chi connectivity index (χ4v) is 10.7. The third kappa shape index (κ3) is 12.3. The molecule has 13 aromatic rings. The summed E-state index contributed by atoms with van der Waals surface area (Å²) in [5.41, 5.74) is 12.3. The lowest BCUT2D eigenvalue weighted by molar-refractivity contribution is 0.578. The number of benzene rings is 7. The van der Waals surface area contributed by atoms with Gasteiger partial charge in [0.1, 0.15) is 0 Å². The van der Waals surface area contributed by atoms with Crippen molar-refractivity contribution in [2.45, 2.75) is 105 Å². The zero-order valence-electron chi connectivity index (χ0n) is 51.1. The molecule has 6 heterocycles. The van der Waals surface area contributed by atoms with Gasteiger partial charge in [0.2, 0.25) is 70.7 Å². The SMILES string of the molecule is CC(C)(C)c1ccc(-c2nnc(-c3cc(-c4nnc(-c5ccc(C(C)(C)C)cc5)o4)cc(-c4nnc(-c5cc(I)cc(-c6nnc(-c7cc(-c8nnc(-c9ccc(C(C)(C)C)cc9)o8)cc(-c8nnc(-c9ccc(C(C)(C)C)cc9)o8)c7)o6)c5)o4)c3)o2)cc1. The summed E-state index contributed by atoms with van der Waals surface area (Å²) in [7, 11) is 0. The van der Waals surface area contributed by atoms with Crippen LogP contribution in [-0.4, -0.2) is 61.2 Å². The molecule has 19 heteroatoms. The minimum atomic E-state index is -0.0229. The van der Waals surface area contributed by atoms with Crippen molar-refractivity contribution in [1.82, 2.24) is 61.2 Å². The molecule has 0 saturated carbocycles. The smallest absolute Gasteiger partial charge is 0.248 e. The fourth-order valence-electron chi connectivity index (χ4n) is 10.0. The van der Waals surface area contributed by atoms with Crippen LogP contribution in [0.4, 0.5) is 0 Å². The van der Waals surface area contributed by atoms with Gasteiger partial charge < -0.3 is 26.5 Å². The van der Waals surface area contributed by atoms with Crippen molar-refractivity contribution in [1.29, 1.82) is 0 Å². The summed E-state index contributed by atoms with van der Waals surface area (Å²) in [6, 6.07) is 49.2. The van der Waals surface area contributed by atoms with Crippen molar-refractivity contribution in [3.05, 3.63) is 177 Å². The highest BCUT2D eigenvalue weighted by Gasteiger charge is 2.25. The number of nitrogens with zero attached hydrogens (tertiary/aromatic N) is 12. The Labute approximate surface area is 526 Å². The predicted octanol–water partition coefficient (Wildman–Crippen LogP) is 17.8. The highest BCUT2D eigenvalue weighted by atomic mass is 127. The van der Waals surface area contributed by atoms with Crippen molar-refractivity contribution in [2.24, 2.45) is 0 Å². The van der Waals surface area contributed by atoms with Gasteiger partial charge in [0.05, 0.1) is 0 Å². The summed E-state index contributed by atoms with van der Waals surface area (Å²) in [4.78, 5) is 0. The van der Waals surface area contributed by atoms with Gasteiger partial charge in [-0.15, -0.1) is 61.2 Å². The molecule has 0 aliphatic heterocycles. The Bertz CT molecular complexity index is 4190. The molecule has 0 N–H and O–H groups in total. The number of rotatable bonds is 12. The molecule has 89 heavy (non-hydrogen) atoms. The lowest BCUT2D eigenvalue weighted by atomic mass is 9.87. The van der Waals surface area contributed by atoms with Crippen molar-refractivity contribution < 1.29 is 26.5 Å². The Kier molecular flexibility index (Phi) is 14.6. The zero-order valence-corrected chi connectivity index (χ0v) is 53.3. The van der Waals surface area contributed by atoms with E-state index in [9.17, 15) is 0 Å². The van der Waals surface area contributed by atoms with Gasteiger partial charge >= 0.3 is 0 Å². The second kappa shape index (κ2) is 22.4. The summed E-state index contributed by atoms with van der Waals surface area (Å²) >= 11 is 2.24. The minimum absolute atomic E-state index is 0.0229. The topological polar surface area (TPSA) is 234 Å². The molecule has 7 aromatic carbocycles. The monoisotopic (exact) mass is 1290 g/mol. The van der Waals surface area contributed by atoms with Crippen LogP contribution in [0.1, 0.15) is 105 Å². The first-order chi connectivity index (χ1) is 42.4. The van der Waals surface area contributed by atoms with E-state index in [0.717, 1.165) is 25.8 Å². The first-order valence-electron chi connectivity index (χ1n) is 29.0. The van der Waals surface area contributed by atoms with Crippen molar-refractivity contribution in [3.63, 3.8) is 0 Å². The van der Waals surface area contributed by atoms with Crippen LogP contribution < -0.4 is 0 Å². The van der Waals surface area contributed by atoms with Crippen molar-refractivity contribution >= 4 is 22.6 Å². The molecule has 0 atom stereocenters. The standard InChI is InChI=1S/C70H61IN12O6/c1-67(2,3)50-21-13-38(14-22-50)55-72-76-59(84-55)42-29-43(60-77-73-56(85-60)39-15-23-51(24-16-39)68(4,5)6)32-46(31-42)63-80-82-65(88-63)48-35-49(37-54(71)36-48)66-83-81-64(89-66)47-33-44(61-78-74-57(86-61)40-17-25-52(26-18-40)69(7,8)9)30-45(34-47)62-79-75-58(87-62)41-19-27-53(28-20-41)70(10,11)12/h13-37H,1-12H3. The van der Waals surface area contributed by atoms with Crippen LogP contribution in [0.3, 0.4) is 0 Å². The Morgan fingerprint density at radius 3 is 0.483 bits per heavy atom. The maximum absolute atomic E-state index is 6.53. The van der Waals surface area contributed by atoms with E-state index in [2.05, 4.69) is 215 Å². The minimum Gasteiger partial charge on any atom is -0.416 e. The van der Waals surface area contributed by atoms with Crippen LogP contribution in [0, 0.1) is 3.57 Å². The quantitative estimate of drug-likeness (QED) is 0.103. The largest absolute Gasteiger partial charge is 0.416 e. The lowest BCUT2D eigenvalue weighted by Gasteiger charge is -2.18. The molecule has 0 aliphatic rings. The maximum Gasteiger partial charge on any atom is 0.248 e. The second-order valence-electron chi connectivity index (χ2n) is 26.1. The highest BCUT2D eigenvalue weighted by molar-refractivity contribution is 14.1. The van der Waals surface area contributed by atoms with E-state index in [1.54, 1.807) is 0 Å². The van der Waals surface area contributed by atoms with Crippen LogP contribution in [0.2, 0.25) is 0 Å². The molecule has 0 radical (unpaired) electrons. The van der Waals surface area contributed by atoms with Gasteiger partial charge in [0, 0.05) is 70.3 Å². The average Bonchev–Trinajstić information content (AvgIpc) is 1.94. The molecular formula is C70H61IN12O6. The van der Waals surface area contributed by atoms with Crippen LogP contribution >= 0.6 is 22.6 Å². The third-order valence-corrected chi connectivity index (χ3v) is 15.9. The fraction of sp³-hybridized carbons (Fsp3) is 0.229. The number of halogens is 1. The predicted molar refractivity (Wildman–Crippen MR) is 346 cm³/mol. The molecule has 13 rings (SSSR count). The first kappa shape index (κ1) is 58.1. The van der Waals surface area contributed by atoms with Gasteiger partial charge in [0.15, 0.2) is 0 Å². The second-order valence-corrected chi connectivity index (χ2v) is 27.4. The van der Waals surface area contributed by atoms with E-state index in [0.29, 0.717) is 68.1 Å². The van der Waals surface area contributed by atoms with E-state index >= 15 is 0 Å². The van der Waals surface area contributed by atoms with Gasteiger partial charge in [-0.05, 0) is 170 Å². The molecule has 0 bridgehead atoms. The molecule has 0 fully saturated rings. The van der Waals surface area contributed by atoms with Crippen LogP contribution in [0.5, 0.6) is 0 Å². The summed E-state index contributed by atoms with van der Waals surface area (Å²) in [5, 5.41) is 54.0. The molecule has 0 aliphatic carbocycles. The highest BCUT2D eigenvalue weighted by Crippen LogP contribution is 2.40. The van der Waals surface area contributed by atoms with Crippen molar-refractivity contribution in [2.75, 3.05) is 0 Å². The lowest BCUT2D eigenvalue weighted by Crippen LogP contribution is -2.10. The molecule has 0 spiro atoms. The average molecular weight is 1290 g/mol. The van der Waals surface area contributed by atoms with Crippen LogP contribution in [0.25, 0.3) is 137 Å². The first-order valence-corrected chi connectivity index (χ1v) is 30.1. The van der Waals surface area contributed by atoms with Gasteiger partial charge in [-0.25, -0.2) is 0 Å². The molecule has 0 amide bonds. The van der Waals surface area contributed by atoms with Gasteiger partial charge in [-0.3, -0.25) is 0 Å². The summed E-state index contributed by atoms with van der Waals surface area (Å²) in [5.74, 6) is 3.34. The van der Waals surface area contributed by atoms with Crippen LogP contribution in [-0.2, 0) is 21.7 Å². The van der Waals surface area contributed by atoms with Gasteiger partial charge in [-0.2, -0.15) is 0 Å². The summed E-state index contributed by atoms with van der Waals surface area (Å²) in [6.45, 7) is 26.0. The zero-order chi connectivity index (χ0) is 62.1. The van der Waals surface area contributed by atoms with E-state index < -0.39 is 0 Å². The Hall–Kier alpha value is -9.89. The van der Waals surface area contributed by atoms with Crippen molar-refractivity contribution in [3.8, 4) is 137 Å². The molecule has 0 saturated heterocycles. The summed E-state index contributed by atoms with van der Waals surface area (Å²) in [6.07, 6.45) is 0.